The quantitative estimate of drug-likeness (QED) is 0.686. The Bertz CT molecular complexity index is 574. The van der Waals surface area contributed by atoms with Gasteiger partial charge in [0.2, 0.25) is 5.76 Å². The highest BCUT2D eigenvalue weighted by Crippen LogP contribution is 2.27. The summed E-state index contributed by atoms with van der Waals surface area (Å²) in [6, 6.07) is 2.02. The molecular weight excluding hydrogens is 278 g/mol. The van der Waals surface area contributed by atoms with Crippen molar-refractivity contribution in [3.63, 3.8) is 0 Å². The molecule has 0 aliphatic rings. The molecule has 2 nitrogen and oxygen atoms in total. The first-order chi connectivity index (χ1) is 9.12. The lowest BCUT2D eigenvalue weighted by Gasteiger charge is -1.82. The Hall–Kier alpha value is -1.24. The third kappa shape index (κ3) is 4.74. The number of nitrogens with zero attached hydrogens (tertiary/aromatic N) is 1. The Labute approximate surface area is 123 Å². The second-order valence-electron chi connectivity index (χ2n) is 4.05. The van der Waals surface area contributed by atoms with Crippen LogP contribution in [0.1, 0.15) is 49.0 Å². The van der Waals surface area contributed by atoms with E-state index in [9.17, 15) is 0 Å². The molecule has 0 saturated carbocycles. The van der Waals surface area contributed by atoms with Crippen molar-refractivity contribution in [2.24, 2.45) is 0 Å². The molecule has 0 radical (unpaired) electrons. The number of thiophene rings is 1. The van der Waals surface area contributed by atoms with Crippen LogP contribution in [0.2, 0.25) is 4.34 Å². The molecule has 2 rings (SSSR count). The van der Waals surface area contributed by atoms with Gasteiger partial charge in [0, 0.05) is 10.4 Å². The highest BCUT2D eigenvalue weighted by atomic mass is 35.5. The Kier molecular flexibility index (Phi) is 6.69. The maximum absolute atomic E-state index is 6.07. The van der Waals surface area contributed by atoms with Crippen molar-refractivity contribution in [2.45, 2.75) is 40.5 Å². The highest BCUT2D eigenvalue weighted by Gasteiger charge is 2.04. The van der Waals surface area contributed by atoms with E-state index in [2.05, 4.69) is 37.8 Å². The lowest BCUT2D eigenvalue weighted by molar-refractivity contribution is 0.410. The van der Waals surface area contributed by atoms with Gasteiger partial charge in [-0.1, -0.05) is 49.9 Å². The molecule has 0 aliphatic carbocycles. The standard InChI is InChI=1S/C12H10ClNOS.C3H8/c1-3-10-6-9(12(13)16-10)4-5-11-8(2)7-14-15-11;1-3-2/h6-7H,3H2,1-2H3;3H2,1-2H3. The van der Waals surface area contributed by atoms with Crippen LogP contribution in [0, 0.1) is 18.8 Å². The van der Waals surface area contributed by atoms with Gasteiger partial charge in [-0.15, -0.1) is 11.3 Å². The maximum atomic E-state index is 6.07. The summed E-state index contributed by atoms with van der Waals surface area (Å²) >= 11 is 7.65. The normalized spacial score (nSPS) is 9.32. The summed E-state index contributed by atoms with van der Waals surface area (Å²) in [5.74, 6) is 6.53. The highest BCUT2D eigenvalue weighted by molar-refractivity contribution is 7.16. The van der Waals surface area contributed by atoms with Crippen LogP contribution in [0.5, 0.6) is 0 Å². The van der Waals surface area contributed by atoms with E-state index < -0.39 is 0 Å². The number of halogens is 1. The minimum Gasteiger partial charge on any atom is -0.347 e. The van der Waals surface area contributed by atoms with E-state index in [-0.39, 0.29) is 0 Å². The van der Waals surface area contributed by atoms with Crippen molar-refractivity contribution in [1.29, 1.82) is 0 Å². The fraction of sp³-hybridized carbons (Fsp3) is 0.400. The summed E-state index contributed by atoms with van der Waals surface area (Å²) in [6.07, 6.45) is 3.88. The van der Waals surface area contributed by atoms with Crippen LogP contribution >= 0.6 is 22.9 Å². The van der Waals surface area contributed by atoms with Crippen LogP contribution < -0.4 is 0 Å². The molecule has 19 heavy (non-hydrogen) atoms. The zero-order valence-corrected chi connectivity index (χ0v) is 13.3. The van der Waals surface area contributed by atoms with Crippen LogP contribution in [0.4, 0.5) is 0 Å². The van der Waals surface area contributed by atoms with Crippen molar-refractivity contribution in [2.75, 3.05) is 0 Å². The molecule has 0 fully saturated rings. The summed E-state index contributed by atoms with van der Waals surface area (Å²) in [6.45, 7) is 8.26. The number of aryl methyl sites for hydroxylation is 2. The van der Waals surface area contributed by atoms with E-state index in [1.807, 2.05) is 13.0 Å². The molecule has 0 amide bonds. The average molecular weight is 296 g/mol. The summed E-state index contributed by atoms with van der Waals surface area (Å²) in [4.78, 5) is 1.24. The van der Waals surface area contributed by atoms with Gasteiger partial charge in [0.25, 0.3) is 0 Å². The Morgan fingerprint density at radius 1 is 1.32 bits per heavy atom. The zero-order valence-electron chi connectivity index (χ0n) is 11.7. The summed E-state index contributed by atoms with van der Waals surface area (Å²) in [5, 5.41) is 3.67. The molecule has 0 saturated heterocycles. The number of hydrogen-bond acceptors (Lipinski definition) is 3. The van der Waals surface area contributed by atoms with Gasteiger partial charge in [-0.05, 0) is 25.3 Å². The number of aromatic nitrogens is 1. The topological polar surface area (TPSA) is 26.0 Å². The van der Waals surface area contributed by atoms with Gasteiger partial charge in [-0.2, -0.15) is 0 Å². The molecule has 2 heterocycles. The third-order valence-corrected chi connectivity index (χ3v) is 3.65. The van der Waals surface area contributed by atoms with Crippen LogP contribution in [-0.4, -0.2) is 5.16 Å². The van der Waals surface area contributed by atoms with E-state index in [1.54, 1.807) is 17.5 Å². The van der Waals surface area contributed by atoms with Crippen molar-refractivity contribution in [3.05, 3.63) is 38.4 Å². The van der Waals surface area contributed by atoms with Gasteiger partial charge in [0.1, 0.15) is 4.34 Å². The lowest BCUT2D eigenvalue weighted by atomic mass is 10.2. The minimum absolute atomic E-state index is 0.598. The van der Waals surface area contributed by atoms with E-state index in [4.69, 9.17) is 16.1 Å². The Balaban J connectivity index is 0.000000550. The predicted molar refractivity (Wildman–Crippen MR) is 81.9 cm³/mol. The first kappa shape index (κ1) is 15.8. The van der Waals surface area contributed by atoms with E-state index in [0.717, 1.165) is 21.9 Å². The first-order valence-electron chi connectivity index (χ1n) is 6.33. The fourth-order valence-electron chi connectivity index (χ4n) is 1.21. The van der Waals surface area contributed by atoms with Crippen LogP contribution in [0.25, 0.3) is 0 Å². The smallest absolute Gasteiger partial charge is 0.212 e. The molecule has 0 bridgehead atoms. The van der Waals surface area contributed by atoms with Crippen molar-refractivity contribution in [1.82, 2.24) is 5.16 Å². The molecule has 0 N–H and O–H groups in total. The molecule has 0 atom stereocenters. The molecule has 0 aromatic carbocycles. The van der Waals surface area contributed by atoms with Gasteiger partial charge in [0.15, 0.2) is 0 Å². The van der Waals surface area contributed by atoms with Crippen LogP contribution in [-0.2, 0) is 6.42 Å². The minimum atomic E-state index is 0.598. The molecule has 2 aromatic rings. The van der Waals surface area contributed by atoms with Gasteiger partial charge < -0.3 is 4.52 Å². The number of hydrogen-bond donors (Lipinski definition) is 0. The summed E-state index contributed by atoms with van der Waals surface area (Å²) < 4.78 is 5.73. The molecule has 4 heteroatoms. The SMILES string of the molecule is CCC.CCc1cc(C#Cc2oncc2C)c(Cl)s1. The van der Waals surface area contributed by atoms with E-state index >= 15 is 0 Å². The van der Waals surface area contributed by atoms with E-state index in [1.165, 1.54) is 11.3 Å². The zero-order chi connectivity index (χ0) is 14.3. The largest absolute Gasteiger partial charge is 0.347 e. The van der Waals surface area contributed by atoms with Gasteiger partial charge in [-0.25, -0.2) is 0 Å². The molecule has 0 aliphatic heterocycles. The van der Waals surface area contributed by atoms with Gasteiger partial charge >= 0.3 is 0 Å². The van der Waals surface area contributed by atoms with Crippen molar-refractivity contribution < 1.29 is 4.52 Å². The summed E-state index contributed by atoms with van der Waals surface area (Å²) in [5.41, 5.74) is 1.80. The molecule has 0 unspecified atom stereocenters. The maximum Gasteiger partial charge on any atom is 0.212 e. The average Bonchev–Trinajstić information content (AvgIpc) is 2.94. The monoisotopic (exact) mass is 295 g/mol. The van der Waals surface area contributed by atoms with Crippen LogP contribution in [0.3, 0.4) is 0 Å². The van der Waals surface area contributed by atoms with Gasteiger partial charge in [-0.3, -0.25) is 0 Å². The molecule has 102 valence electrons. The predicted octanol–water partition coefficient (Wildman–Crippen LogP) is 5.08. The van der Waals surface area contributed by atoms with Crippen molar-refractivity contribution in [3.8, 4) is 11.8 Å². The molecule has 0 spiro atoms. The van der Waals surface area contributed by atoms with Gasteiger partial charge in [0.05, 0.1) is 11.8 Å². The second kappa shape index (κ2) is 8.04. The first-order valence-corrected chi connectivity index (χ1v) is 7.53. The second-order valence-corrected chi connectivity index (χ2v) is 5.79. The summed E-state index contributed by atoms with van der Waals surface area (Å²) in [7, 11) is 0. The van der Waals surface area contributed by atoms with E-state index in [0.29, 0.717) is 5.76 Å². The lowest BCUT2D eigenvalue weighted by Crippen LogP contribution is -1.73. The van der Waals surface area contributed by atoms with Crippen LogP contribution in [0.15, 0.2) is 16.8 Å². The third-order valence-electron chi connectivity index (χ3n) is 2.15. The number of rotatable bonds is 1. The Morgan fingerprint density at radius 3 is 2.47 bits per heavy atom. The molecule has 2 aromatic heterocycles. The van der Waals surface area contributed by atoms with Crippen molar-refractivity contribution >= 4 is 22.9 Å². The Morgan fingerprint density at radius 2 is 2.00 bits per heavy atom. The molecular formula is C15H18ClNOS. The fourth-order valence-corrected chi connectivity index (χ4v) is 2.38.